The van der Waals surface area contributed by atoms with Gasteiger partial charge in [0.15, 0.2) is 0 Å². The molecule has 4 rings (SSSR count). The zero-order valence-electron chi connectivity index (χ0n) is 9.56. The Morgan fingerprint density at radius 1 is 1.25 bits per heavy atom. The van der Waals surface area contributed by atoms with Crippen LogP contribution in [0.4, 0.5) is 5.82 Å². The van der Waals surface area contributed by atoms with Gasteiger partial charge in [-0.25, -0.2) is 9.97 Å². The lowest BCUT2D eigenvalue weighted by atomic mass is 10.0. The summed E-state index contributed by atoms with van der Waals surface area (Å²) in [6.45, 7) is 1.95. The van der Waals surface area contributed by atoms with Crippen LogP contribution in [0, 0.1) is 30.6 Å². The van der Waals surface area contributed by atoms with Gasteiger partial charge in [-0.1, -0.05) is 0 Å². The first kappa shape index (κ1) is 8.97. The fourth-order valence-corrected chi connectivity index (χ4v) is 4.23. The van der Waals surface area contributed by atoms with Crippen molar-refractivity contribution in [2.24, 2.45) is 23.7 Å². The minimum atomic E-state index is 0.723. The van der Waals surface area contributed by atoms with Crippen LogP contribution in [0.15, 0.2) is 12.3 Å². The highest BCUT2D eigenvalue weighted by Crippen LogP contribution is 2.66. The minimum absolute atomic E-state index is 0.723. The Bertz CT molecular complexity index is 415. The van der Waals surface area contributed by atoms with Crippen molar-refractivity contribution < 1.29 is 0 Å². The number of fused-ring (bicyclic) bond motifs is 5. The van der Waals surface area contributed by atoms with E-state index in [-0.39, 0.29) is 0 Å². The smallest absolute Gasteiger partial charge is 0.129 e. The molecule has 0 radical (unpaired) electrons. The van der Waals surface area contributed by atoms with Gasteiger partial charge in [0.1, 0.15) is 11.6 Å². The van der Waals surface area contributed by atoms with Crippen molar-refractivity contribution in [1.29, 1.82) is 0 Å². The Hall–Kier alpha value is -1.12. The molecule has 3 fully saturated rings. The van der Waals surface area contributed by atoms with Gasteiger partial charge in [-0.15, -0.1) is 0 Å². The Morgan fingerprint density at radius 2 is 2.00 bits per heavy atom. The molecule has 1 aromatic heterocycles. The van der Waals surface area contributed by atoms with Gasteiger partial charge in [0.25, 0.3) is 0 Å². The number of hydrogen-bond acceptors (Lipinski definition) is 3. The zero-order valence-corrected chi connectivity index (χ0v) is 9.56. The fraction of sp³-hybridized carbons (Fsp3) is 0.692. The molecule has 3 aliphatic carbocycles. The van der Waals surface area contributed by atoms with Crippen LogP contribution in [0.2, 0.25) is 0 Å². The van der Waals surface area contributed by atoms with Gasteiger partial charge < -0.3 is 5.32 Å². The van der Waals surface area contributed by atoms with Crippen LogP contribution in [0.5, 0.6) is 0 Å². The van der Waals surface area contributed by atoms with E-state index in [9.17, 15) is 0 Å². The number of rotatable bonds is 2. The van der Waals surface area contributed by atoms with E-state index in [0.717, 1.165) is 41.4 Å². The summed E-state index contributed by atoms with van der Waals surface area (Å²) in [4.78, 5) is 8.56. The first-order chi connectivity index (χ1) is 7.83. The summed E-state index contributed by atoms with van der Waals surface area (Å²) in [7, 11) is 0. The molecule has 4 atom stereocenters. The minimum Gasteiger partial charge on any atom is -0.367 e. The van der Waals surface area contributed by atoms with E-state index in [0.29, 0.717) is 0 Å². The second kappa shape index (κ2) is 2.96. The summed E-state index contributed by atoms with van der Waals surface area (Å²) >= 11 is 0. The molecule has 1 N–H and O–H groups in total. The van der Waals surface area contributed by atoms with Gasteiger partial charge >= 0.3 is 0 Å². The van der Waals surface area contributed by atoms with Crippen molar-refractivity contribution >= 4 is 5.82 Å². The van der Waals surface area contributed by atoms with Gasteiger partial charge in [-0.3, -0.25) is 0 Å². The molecule has 0 saturated heterocycles. The number of anilines is 1. The molecule has 84 valence electrons. The molecule has 2 bridgehead atoms. The number of hydrogen-bond donors (Lipinski definition) is 1. The second-order valence-electron chi connectivity index (χ2n) is 5.65. The lowest BCUT2D eigenvalue weighted by Crippen LogP contribution is -2.13. The highest BCUT2D eigenvalue weighted by Gasteiger charge is 2.65. The third-order valence-electron chi connectivity index (χ3n) is 4.83. The maximum atomic E-state index is 4.43. The van der Waals surface area contributed by atoms with Crippen molar-refractivity contribution in [2.45, 2.75) is 32.2 Å². The summed E-state index contributed by atoms with van der Waals surface area (Å²) in [6, 6.07) is 2.71. The zero-order chi connectivity index (χ0) is 10.7. The van der Waals surface area contributed by atoms with Crippen LogP contribution in [-0.2, 0) is 0 Å². The summed E-state index contributed by atoms with van der Waals surface area (Å²) in [6.07, 6.45) is 6.31. The molecule has 3 nitrogen and oxygen atoms in total. The number of aromatic nitrogens is 2. The lowest BCUT2D eigenvalue weighted by molar-refractivity contribution is 0.456. The Kier molecular flexibility index (Phi) is 1.66. The molecule has 3 aliphatic rings. The van der Waals surface area contributed by atoms with E-state index in [1.165, 1.54) is 19.3 Å². The highest BCUT2D eigenvalue weighted by atomic mass is 15.1. The van der Waals surface area contributed by atoms with E-state index >= 15 is 0 Å². The molecular weight excluding hydrogens is 198 g/mol. The molecule has 3 saturated carbocycles. The average Bonchev–Trinajstić information content (AvgIpc) is 2.70. The number of nitrogens with zero attached hydrogens (tertiary/aromatic N) is 2. The first-order valence-corrected chi connectivity index (χ1v) is 6.39. The van der Waals surface area contributed by atoms with Gasteiger partial charge in [0.2, 0.25) is 0 Å². The summed E-state index contributed by atoms with van der Waals surface area (Å²) < 4.78 is 0. The molecule has 0 spiro atoms. The first-order valence-electron chi connectivity index (χ1n) is 6.39. The third-order valence-corrected chi connectivity index (χ3v) is 4.83. The van der Waals surface area contributed by atoms with Gasteiger partial charge in [-0.05, 0) is 55.9 Å². The summed E-state index contributed by atoms with van der Waals surface area (Å²) in [5.41, 5.74) is 0. The van der Waals surface area contributed by atoms with Crippen LogP contribution in [0.1, 0.15) is 25.1 Å². The van der Waals surface area contributed by atoms with Crippen molar-refractivity contribution in [3.63, 3.8) is 0 Å². The predicted molar refractivity (Wildman–Crippen MR) is 62.0 cm³/mol. The largest absolute Gasteiger partial charge is 0.367 e. The Labute approximate surface area is 95.7 Å². The lowest BCUT2D eigenvalue weighted by Gasteiger charge is -2.10. The van der Waals surface area contributed by atoms with Crippen molar-refractivity contribution in [3.8, 4) is 0 Å². The van der Waals surface area contributed by atoms with Crippen LogP contribution >= 0.6 is 0 Å². The molecule has 0 amide bonds. The van der Waals surface area contributed by atoms with Crippen LogP contribution in [0.25, 0.3) is 0 Å². The monoisotopic (exact) mass is 215 g/mol. The maximum Gasteiger partial charge on any atom is 0.129 e. The maximum absolute atomic E-state index is 4.43. The van der Waals surface area contributed by atoms with E-state index in [1.807, 2.05) is 19.2 Å². The number of aryl methyl sites for hydroxylation is 1. The summed E-state index contributed by atoms with van der Waals surface area (Å²) in [5, 5.41) is 3.61. The standard InChI is InChI=1S/C13H17N3/c1-7-14-5-4-10(15-7)16-13-11-8-2-3-9(6-8)12(11)13/h4-5,8-9,11-13H,2-3,6H2,1H3,(H,14,15,16). The van der Waals surface area contributed by atoms with Crippen molar-refractivity contribution in [1.82, 2.24) is 9.97 Å². The molecule has 1 aromatic rings. The molecule has 16 heavy (non-hydrogen) atoms. The van der Waals surface area contributed by atoms with E-state index in [2.05, 4.69) is 15.3 Å². The Morgan fingerprint density at radius 3 is 2.69 bits per heavy atom. The van der Waals surface area contributed by atoms with Gasteiger partial charge in [0, 0.05) is 12.2 Å². The van der Waals surface area contributed by atoms with Gasteiger partial charge in [-0.2, -0.15) is 0 Å². The molecular formula is C13H17N3. The highest BCUT2D eigenvalue weighted by molar-refractivity contribution is 5.39. The second-order valence-corrected chi connectivity index (χ2v) is 5.65. The predicted octanol–water partition coefficient (Wildman–Crippen LogP) is 2.24. The van der Waals surface area contributed by atoms with Crippen molar-refractivity contribution in [2.75, 3.05) is 5.32 Å². The molecule has 1 heterocycles. The fourth-order valence-electron chi connectivity index (χ4n) is 4.23. The van der Waals surface area contributed by atoms with Gasteiger partial charge in [0.05, 0.1) is 0 Å². The summed E-state index contributed by atoms with van der Waals surface area (Å²) in [5.74, 6) is 5.86. The Balaban J connectivity index is 1.51. The topological polar surface area (TPSA) is 37.8 Å². The molecule has 0 aliphatic heterocycles. The van der Waals surface area contributed by atoms with E-state index in [4.69, 9.17) is 0 Å². The molecule has 4 unspecified atom stereocenters. The third kappa shape index (κ3) is 1.14. The van der Waals surface area contributed by atoms with E-state index < -0.39 is 0 Å². The average molecular weight is 215 g/mol. The molecule has 3 heteroatoms. The van der Waals surface area contributed by atoms with Crippen LogP contribution < -0.4 is 5.32 Å². The van der Waals surface area contributed by atoms with Crippen LogP contribution in [0.3, 0.4) is 0 Å². The quantitative estimate of drug-likeness (QED) is 0.822. The normalized spacial score (nSPS) is 43.2. The van der Waals surface area contributed by atoms with E-state index in [1.54, 1.807) is 0 Å². The van der Waals surface area contributed by atoms with Crippen molar-refractivity contribution in [3.05, 3.63) is 18.1 Å². The van der Waals surface area contributed by atoms with Crippen LogP contribution in [-0.4, -0.2) is 16.0 Å². The SMILES string of the molecule is Cc1nccc(NC2C3C4CCC(C4)C23)n1. The molecule has 0 aromatic carbocycles. The number of nitrogens with one attached hydrogen (secondary N) is 1.